The number of aromatic nitrogens is 2. The van der Waals surface area contributed by atoms with Gasteiger partial charge in [0.1, 0.15) is 11.6 Å². The Morgan fingerprint density at radius 1 is 1.03 bits per heavy atom. The predicted molar refractivity (Wildman–Crippen MR) is 126 cm³/mol. The van der Waals surface area contributed by atoms with E-state index in [0.717, 1.165) is 41.7 Å². The van der Waals surface area contributed by atoms with Crippen LogP contribution in [-0.2, 0) is 6.54 Å². The van der Waals surface area contributed by atoms with E-state index in [1.54, 1.807) is 13.0 Å². The number of para-hydroxylation sites is 1. The fourth-order valence-electron chi connectivity index (χ4n) is 4.33. The van der Waals surface area contributed by atoms with E-state index in [-0.39, 0.29) is 5.82 Å². The third kappa shape index (κ3) is 5.31. The smallest absolute Gasteiger partial charge is 0.225 e. The minimum absolute atomic E-state index is 0.126. The molecule has 164 valence electrons. The number of anilines is 2. The molecule has 0 radical (unpaired) electrons. The molecular weight excluding hydrogens is 389 g/mol. The molecule has 5 nitrogen and oxygen atoms in total. The van der Waals surface area contributed by atoms with E-state index in [1.807, 2.05) is 49.3 Å². The van der Waals surface area contributed by atoms with Gasteiger partial charge in [-0.05, 0) is 74.4 Å². The van der Waals surface area contributed by atoms with Gasteiger partial charge < -0.3 is 15.5 Å². The molecule has 1 aliphatic rings. The molecule has 31 heavy (non-hydrogen) atoms. The van der Waals surface area contributed by atoms with E-state index < -0.39 is 0 Å². The summed E-state index contributed by atoms with van der Waals surface area (Å²) < 4.78 is 13.7. The first-order valence-electron chi connectivity index (χ1n) is 11.2. The molecule has 0 spiro atoms. The molecule has 0 unspecified atom stereocenters. The summed E-state index contributed by atoms with van der Waals surface area (Å²) in [5.41, 5.74) is 2.67. The second-order valence-corrected chi connectivity index (χ2v) is 8.86. The third-order valence-corrected chi connectivity index (χ3v) is 6.19. The molecule has 2 N–H and O–H groups in total. The standard InChI is InChI=1S/C25H32FN5/c1-17-8-9-19(14-22(17)26)16-27-15-18-10-12-20(13-11-18)28-25-29-23-7-5-4-6-21(23)24(30-25)31(2)3/h4-9,14,18,20,27H,10-13,15-16H2,1-3H3,(H,28,29,30)/t18-,20+. The first-order valence-corrected chi connectivity index (χ1v) is 11.2. The quantitative estimate of drug-likeness (QED) is 0.568. The average Bonchev–Trinajstić information content (AvgIpc) is 2.77. The van der Waals surface area contributed by atoms with Crippen molar-refractivity contribution in [2.45, 2.75) is 45.2 Å². The van der Waals surface area contributed by atoms with E-state index in [0.29, 0.717) is 30.0 Å². The van der Waals surface area contributed by atoms with Crippen LogP contribution in [0.3, 0.4) is 0 Å². The van der Waals surface area contributed by atoms with Gasteiger partial charge in [0.2, 0.25) is 5.95 Å². The lowest BCUT2D eigenvalue weighted by Gasteiger charge is -2.29. The summed E-state index contributed by atoms with van der Waals surface area (Å²) in [6.45, 7) is 3.48. The van der Waals surface area contributed by atoms with Gasteiger partial charge in [0.25, 0.3) is 0 Å². The van der Waals surface area contributed by atoms with Crippen LogP contribution in [-0.4, -0.2) is 36.6 Å². The number of aryl methyl sites for hydroxylation is 1. The molecule has 0 saturated heterocycles. The number of hydrogen-bond donors (Lipinski definition) is 2. The Balaban J connectivity index is 1.29. The molecule has 3 aromatic rings. The van der Waals surface area contributed by atoms with Gasteiger partial charge >= 0.3 is 0 Å². The highest BCUT2D eigenvalue weighted by atomic mass is 19.1. The predicted octanol–water partition coefficient (Wildman–Crippen LogP) is 4.90. The molecule has 0 bridgehead atoms. The number of fused-ring (bicyclic) bond motifs is 1. The molecule has 1 aliphatic carbocycles. The summed E-state index contributed by atoms with van der Waals surface area (Å²) in [7, 11) is 4.03. The minimum Gasteiger partial charge on any atom is -0.362 e. The first kappa shape index (κ1) is 21.5. The Morgan fingerprint density at radius 3 is 2.55 bits per heavy atom. The van der Waals surface area contributed by atoms with Crippen LogP contribution in [0, 0.1) is 18.7 Å². The van der Waals surface area contributed by atoms with E-state index in [2.05, 4.69) is 16.7 Å². The lowest BCUT2D eigenvalue weighted by Crippen LogP contribution is -2.31. The summed E-state index contributed by atoms with van der Waals surface area (Å²) >= 11 is 0. The molecule has 1 saturated carbocycles. The summed E-state index contributed by atoms with van der Waals surface area (Å²) in [6.07, 6.45) is 4.56. The molecule has 4 rings (SSSR count). The second kappa shape index (κ2) is 9.60. The maximum Gasteiger partial charge on any atom is 0.225 e. The van der Waals surface area contributed by atoms with E-state index in [4.69, 9.17) is 9.97 Å². The van der Waals surface area contributed by atoms with E-state index in [1.165, 1.54) is 12.8 Å². The van der Waals surface area contributed by atoms with Crippen LogP contribution in [0.2, 0.25) is 0 Å². The highest BCUT2D eigenvalue weighted by Crippen LogP contribution is 2.28. The van der Waals surface area contributed by atoms with Crippen molar-refractivity contribution in [1.82, 2.24) is 15.3 Å². The fraction of sp³-hybridized carbons (Fsp3) is 0.440. The van der Waals surface area contributed by atoms with Gasteiger partial charge in [0, 0.05) is 32.1 Å². The lowest BCUT2D eigenvalue weighted by atomic mass is 9.86. The summed E-state index contributed by atoms with van der Waals surface area (Å²) in [6, 6.07) is 14.0. The van der Waals surface area contributed by atoms with Crippen LogP contribution in [0.5, 0.6) is 0 Å². The largest absolute Gasteiger partial charge is 0.362 e. The highest BCUT2D eigenvalue weighted by Gasteiger charge is 2.22. The second-order valence-electron chi connectivity index (χ2n) is 8.86. The Morgan fingerprint density at radius 2 is 1.81 bits per heavy atom. The van der Waals surface area contributed by atoms with Crippen molar-refractivity contribution in [3.63, 3.8) is 0 Å². The molecule has 1 aromatic heterocycles. The van der Waals surface area contributed by atoms with Crippen molar-refractivity contribution in [1.29, 1.82) is 0 Å². The molecule has 0 atom stereocenters. The SMILES string of the molecule is Cc1ccc(CNC[C@H]2CC[C@@H](Nc3nc(N(C)C)c4ccccc4n3)CC2)cc1F. The fourth-order valence-corrected chi connectivity index (χ4v) is 4.33. The summed E-state index contributed by atoms with van der Waals surface area (Å²) in [5, 5.41) is 8.15. The van der Waals surface area contributed by atoms with Gasteiger partial charge in [-0.3, -0.25) is 0 Å². The third-order valence-electron chi connectivity index (χ3n) is 6.19. The first-order chi connectivity index (χ1) is 15.0. The zero-order valence-corrected chi connectivity index (χ0v) is 18.7. The molecule has 0 aliphatic heterocycles. The summed E-state index contributed by atoms with van der Waals surface area (Å²) in [5.74, 6) is 2.19. The van der Waals surface area contributed by atoms with Crippen LogP contribution < -0.4 is 15.5 Å². The van der Waals surface area contributed by atoms with Crippen LogP contribution in [0.1, 0.15) is 36.8 Å². The van der Waals surface area contributed by atoms with E-state index >= 15 is 0 Å². The zero-order chi connectivity index (χ0) is 21.8. The molecule has 1 heterocycles. The van der Waals surface area contributed by atoms with Crippen molar-refractivity contribution in [2.24, 2.45) is 5.92 Å². The number of hydrogen-bond acceptors (Lipinski definition) is 5. The Hall–Kier alpha value is -2.73. The van der Waals surface area contributed by atoms with Gasteiger partial charge in [-0.2, -0.15) is 4.98 Å². The normalized spacial score (nSPS) is 18.8. The van der Waals surface area contributed by atoms with Gasteiger partial charge in [-0.25, -0.2) is 9.37 Å². The highest BCUT2D eigenvalue weighted by molar-refractivity contribution is 5.90. The number of nitrogens with zero attached hydrogens (tertiary/aromatic N) is 3. The molecule has 2 aromatic carbocycles. The molecular formula is C25H32FN5. The Bertz CT molecular complexity index is 1030. The van der Waals surface area contributed by atoms with Crippen molar-refractivity contribution in [2.75, 3.05) is 30.9 Å². The Labute approximate surface area is 184 Å². The number of benzene rings is 2. The topological polar surface area (TPSA) is 53.1 Å². The van der Waals surface area contributed by atoms with Crippen LogP contribution >= 0.6 is 0 Å². The van der Waals surface area contributed by atoms with Crippen LogP contribution in [0.15, 0.2) is 42.5 Å². The van der Waals surface area contributed by atoms with Gasteiger partial charge in [0.15, 0.2) is 0 Å². The van der Waals surface area contributed by atoms with Gasteiger partial charge in [0.05, 0.1) is 5.52 Å². The molecule has 0 amide bonds. The maximum atomic E-state index is 13.7. The Kier molecular flexibility index (Phi) is 6.66. The van der Waals surface area contributed by atoms with Gasteiger partial charge in [-0.1, -0.05) is 24.3 Å². The minimum atomic E-state index is -0.126. The lowest BCUT2D eigenvalue weighted by molar-refractivity contribution is 0.323. The number of nitrogens with one attached hydrogen (secondary N) is 2. The van der Waals surface area contributed by atoms with Crippen molar-refractivity contribution >= 4 is 22.7 Å². The number of halogens is 1. The summed E-state index contributed by atoms with van der Waals surface area (Å²) in [4.78, 5) is 11.5. The maximum absolute atomic E-state index is 13.7. The van der Waals surface area contributed by atoms with Gasteiger partial charge in [-0.15, -0.1) is 0 Å². The molecule has 6 heteroatoms. The average molecular weight is 422 g/mol. The monoisotopic (exact) mass is 421 g/mol. The van der Waals surface area contributed by atoms with E-state index in [9.17, 15) is 4.39 Å². The van der Waals surface area contributed by atoms with Crippen molar-refractivity contribution < 1.29 is 4.39 Å². The van der Waals surface area contributed by atoms with Crippen molar-refractivity contribution in [3.05, 3.63) is 59.4 Å². The van der Waals surface area contributed by atoms with Crippen LogP contribution in [0.4, 0.5) is 16.2 Å². The molecule has 1 fully saturated rings. The zero-order valence-electron chi connectivity index (χ0n) is 18.7. The van der Waals surface area contributed by atoms with Crippen LogP contribution in [0.25, 0.3) is 10.9 Å². The number of rotatable bonds is 7. The van der Waals surface area contributed by atoms with Crippen molar-refractivity contribution in [3.8, 4) is 0 Å².